The Morgan fingerprint density at radius 1 is 1.03 bits per heavy atom. The second-order valence-corrected chi connectivity index (χ2v) is 10.4. The third-order valence-corrected chi connectivity index (χ3v) is 7.40. The minimum Gasteiger partial charge on any atom is -0.368 e. The van der Waals surface area contributed by atoms with Crippen LogP contribution in [0.15, 0.2) is 42.5 Å². The number of hydrogen-bond donors (Lipinski definition) is 1. The molecule has 1 atom stereocenters. The maximum atomic E-state index is 12.7. The van der Waals surface area contributed by atoms with Crippen molar-refractivity contribution in [1.29, 1.82) is 0 Å². The molecule has 1 N–H and O–H groups in total. The monoisotopic (exact) mass is 442 g/mol. The van der Waals surface area contributed by atoms with Gasteiger partial charge in [-0.2, -0.15) is 8.42 Å². The minimum absolute atomic E-state index is 0.124. The molecule has 0 bridgehead atoms. The topological polar surface area (TPSA) is 95.0 Å². The standard InChI is InChI=1S/C23H26N2O5S/c1-15-23(2,3)19-13-16(9-10-20(19)24(15)11-6-12-31(28,29)30)14-25-21(26)17-7-4-5-8-18(17)22(25)27/h4-5,7-10,13,15H,6,11-12,14H2,1-3H3,(H,28,29,30). The summed E-state index contributed by atoms with van der Waals surface area (Å²) in [6.07, 6.45) is 0.329. The van der Waals surface area contributed by atoms with Crippen molar-refractivity contribution in [1.82, 2.24) is 4.90 Å². The van der Waals surface area contributed by atoms with Crippen LogP contribution < -0.4 is 4.90 Å². The van der Waals surface area contributed by atoms with Gasteiger partial charge in [0.2, 0.25) is 0 Å². The van der Waals surface area contributed by atoms with Gasteiger partial charge in [0.05, 0.1) is 23.4 Å². The molecule has 0 aliphatic carbocycles. The number of amides is 2. The molecule has 164 valence electrons. The third-order valence-electron chi connectivity index (χ3n) is 6.60. The molecular weight excluding hydrogens is 416 g/mol. The Labute approximate surface area is 182 Å². The fraction of sp³-hybridized carbons (Fsp3) is 0.391. The highest BCUT2D eigenvalue weighted by atomic mass is 32.2. The van der Waals surface area contributed by atoms with Crippen LogP contribution in [0.2, 0.25) is 0 Å². The fourth-order valence-electron chi connectivity index (χ4n) is 4.57. The van der Waals surface area contributed by atoms with E-state index in [9.17, 15) is 18.0 Å². The molecule has 0 aromatic heterocycles. The molecule has 2 heterocycles. The number of hydrogen-bond acceptors (Lipinski definition) is 5. The highest BCUT2D eigenvalue weighted by Gasteiger charge is 2.42. The van der Waals surface area contributed by atoms with Gasteiger partial charge in [0, 0.05) is 23.7 Å². The Morgan fingerprint density at radius 2 is 1.65 bits per heavy atom. The quantitative estimate of drug-likeness (QED) is 0.545. The fourth-order valence-corrected chi connectivity index (χ4v) is 5.06. The van der Waals surface area contributed by atoms with Crippen LogP contribution in [0.25, 0.3) is 0 Å². The van der Waals surface area contributed by atoms with Gasteiger partial charge in [-0.3, -0.25) is 19.0 Å². The average Bonchev–Trinajstić information content (AvgIpc) is 3.05. The molecular formula is C23H26N2O5S. The molecule has 2 aliphatic rings. The molecule has 31 heavy (non-hydrogen) atoms. The van der Waals surface area contributed by atoms with E-state index in [1.54, 1.807) is 24.3 Å². The maximum absolute atomic E-state index is 12.7. The van der Waals surface area contributed by atoms with Gasteiger partial charge in [-0.15, -0.1) is 0 Å². The van der Waals surface area contributed by atoms with Crippen molar-refractivity contribution < 1.29 is 22.6 Å². The smallest absolute Gasteiger partial charge is 0.264 e. The van der Waals surface area contributed by atoms with Crippen LogP contribution in [-0.4, -0.2) is 48.0 Å². The van der Waals surface area contributed by atoms with Crippen molar-refractivity contribution in [3.8, 4) is 0 Å². The molecule has 0 fully saturated rings. The van der Waals surface area contributed by atoms with E-state index in [1.165, 1.54) is 4.90 Å². The number of nitrogens with zero attached hydrogens (tertiary/aromatic N) is 2. The first-order chi connectivity index (χ1) is 14.5. The second-order valence-electron chi connectivity index (χ2n) is 8.82. The van der Waals surface area contributed by atoms with Crippen molar-refractivity contribution in [2.75, 3.05) is 17.2 Å². The summed E-state index contributed by atoms with van der Waals surface area (Å²) in [7, 11) is -3.99. The van der Waals surface area contributed by atoms with Gasteiger partial charge < -0.3 is 4.90 Å². The predicted molar refractivity (Wildman–Crippen MR) is 118 cm³/mol. The van der Waals surface area contributed by atoms with Gasteiger partial charge in [-0.05, 0) is 42.7 Å². The Bertz CT molecular complexity index is 1140. The van der Waals surface area contributed by atoms with Crippen molar-refractivity contribution in [2.24, 2.45) is 0 Å². The largest absolute Gasteiger partial charge is 0.368 e. The lowest BCUT2D eigenvalue weighted by Crippen LogP contribution is -2.39. The van der Waals surface area contributed by atoms with E-state index in [-0.39, 0.29) is 35.6 Å². The summed E-state index contributed by atoms with van der Waals surface area (Å²) >= 11 is 0. The van der Waals surface area contributed by atoms with E-state index in [4.69, 9.17) is 4.55 Å². The van der Waals surface area contributed by atoms with Crippen LogP contribution in [-0.2, 0) is 22.1 Å². The Hall–Kier alpha value is -2.71. The molecule has 0 spiro atoms. The molecule has 1 unspecified atom stereocenters. The first-order valence-corrected chi connectivity index (χ1v) is 11.9. The van der Waals surface area contributed by atoms with Crippen LogP contribution in [0.3, 0.4) is 0 Å². The molecule has 0 saturated heterocycles. The summed E-state index contributed by atoms with van der Waals surface area (Å²) in [4.78, 5) is 28.8. The van der Waals surface area contributed by atoms with Crippen molar-refractivity contribution in [3.63, 3.8) is 0 Å². The summed E-state index contributed by atoms with van der Waals surface area (Å²) in [5.74, 6) is -0.829. The molecule has 2 aliphatic heterocycles. The van der Waals surface area contributed by atoms with Gasteiger partial charge in [0.15, 0.2) is 0 Å². The molecule has 4 rings (SSSR count). The van der Waals surface area contributed by atoms with Gasteiger partial charge in [0.25, 0.3) is 21.9 Å². The SMILES string of the molecule is CC1N(CCCS(=O)(=O)O)c2ccc(CN3C(=O)c4ccccc4C3=O)cc2C1(C)C. The van der Waals surface area contributed by atoms with Crippen LogP contribution in [0, 0.1) is 0 Å². The minimum atomic E-state index is -3.99. The third kappa shape index (κ3) is 3.74. The van der Waals surface area contributed by atoms with Crippen molar-refractivity contribution in [2.45, 2.75) is 45.2 Å². The molecule has 2 aromatic carbocycles. The van der Waals surface area contributed by atoms with Crippen molar-refractivity contribution >= 4 is 27.6 Å². The second kappa shape index (κ2) is 7.46. The number of imide groups is 1. The number of anilines is 1. The summed E-state index contributed by atoms with van der Waals surface area (Å²) in [5, 5.41) is 0. The molecule has 0 radical (unpaired) electrons. The number of carbonyl (C=O) groups is 2. The number of rotatable bonds is 6. The lowest BCUT2D eigenvalue weighted by Gasteiger charge is -2.31. The Balaban J connectivity index is 1.58. The molecule has 2 amide bonds. The number of benzene rings is 2. The predicted octanol–water partition coefficient (Wildman–Crippen LogP) is 3.25. The zero-order valence-electron chi connectivity index (χ0n) is 17.8. The van der Waals surface area contributed by atoms with Gasteiger partial charge in [-0.25, -0.2) is 0 Å². The van der Waals surface area contributed by atoms with E-state index in [0.29, 0.717) is 24.1 Å². The van der Waals surface area contributed by atoms with E-state index < -0.39 is 10.1 Å². The normalized spacial score (nSPS) is 19.7. The highest BCUT2D eigenvalue weighted by Crippen LogP contribution is 2.45. The summed E-state index contributed by atoms with van der Waals surface area (Å²) < 4.78 is 31.2. The molecule has 2 aromatic rings. The van der Waals surface area contributed by atoms with Crippen LogP contribution in [0.1, 0.15) is 59.0 Å². The maximum Gasteiger partial charge on any atom is 0.264 e. The van der Waals surface area contributed by atoms with E-state index in [2.05, 4.69) is 25.7 Å². The zero-order valence-corrected chi connectivity index (χ0v) is 18.6. The van der Waals surface area contributed by atoms with E-state index in [0.717, 1.165) is 16.8 Å². The summed E-state index contributed by atoms with van der Waals surface area (Å²) in [5.41, 5.74) is 3.65. The van der Waals surface area contributed by atoms with Crippen LogP contribution >= 0.6 is 0 Å². The lowest BCUT2D eigenvalue weighted by atomic mass is 9.81. The first kappa shape index (κ1) is 21.5. The first-order valence-electron chi connectivity index (χ1n) is 10.3. The Morgan fingerprint density at radius 3 is 2.23 bits per heavy atom. The van der Waals surface area contributed by atoms with E-state index >= 15 is 0 Å². The van der Waals surface area contributed by atoms with Gasteiger partial charge in [-0.1, -0.05) is 38.1 Å². The van der Waals surface area contributed by atoms with E-state index in [1.807, 2.05) is 18.2 Å². The zero-order chi connectivity index (χ0) is 22.6. The van der Waals surface area contributed by atoms with Crippen molar-refractivity contribution in [3.05, 3.63) is 64.7 Å². The van der Waals surface area contributed by atoms with Crippen LogP contribution in [0.4, 0.5) is 5.69 Å². The van der Waals surface area contributed by atoms with Crippen LogP contribution in [0.5, 0.6) is 0 Å². The van der Waals surface area contributed by atoms with Gasteiger partial charge >= 0.3 is 0 Å². The summed E-state index contributed by atoms with van der Waals surface area (Å²) in [6, 6.07) is 12.9. The Kier molecular flexibility index (Phi) is 5.18. The van der Waals surface area contributed by atoms with Gasteiger partial charge in [0.1, 0.15) is 0 Å². The number of fused-ring (bicyclic) bond motifs is 2. The molecule has 7 nitrogen and oxygen atoms in total. The average molecular weight is 443 g/mol. The lowest BCUT2D eigenvalue weighted by molar-refractivity contribution is 0.0642. The number of carbonyl (C=O) groups excluding carboxylic acids is 2. The molecule has 0 saturated carbocycles. The summed E-state index contributed by atoms with van der Waals surface area (Å²) in [6.45, 7) is 7.06. The highest BCUT2D eigenvalue weighted by molar-refractivity contribution is 7.85. The molecule has 8 heteroatoms.